The average molecular weight is 282 g/mol. The number of nitriles is 1. The Labute approximate surface area is 112 Å². The van der Waals surface area contributed by atoms with E-state index in [0.29, 0.717) is 5.56 Å². The van der Waals surface area contributed by atoms with E-state index in [0.717, 1.165) is 11.3 Å². The number of thiophene rings is 1. The molecular weight excluding hydrogens is 272 g/mol. The van der Waals surface area contributed by atoms with E-state index in [9.17, 15) is 14.9 Å². The van der Waals surface area contributed by atoms with Gasteiger partial charge in [-0.25, -0.2) is 4.79 Å². The molecule has 0 atom stereocenters. The van der Waals surface area contributed by atoms with Crippen LogP contribution in [0.5, 0.6) is 0 Å². The third-order valence-corrected chi connectivity index (χ3v) is 2.86. The van der Waals surface area contributed by atoms with Gasteiger partial charge in [0.15, 0.2) is 0 Å². The number of carbonyl (C=O) groups excluding carboxylic acids is 1. The molecule has 0 saturated heterocycles. The summed E-state index contributed by atoms with van der Waals surface area (Å²) in [5.74, 6) is -0.784. The summed E-state index contributed by atoms with van der Waals surface area (Å²) in [5, 5.41) is 20.8. The van der Waals surface area contributed by atoms with E-state index in [1.807, 2.05) is 0 Å². The molecule has 100 valence electrons. The van der Waals surface area contributed by atoms with Crippen LogP contribution >= 0.6 is 11.3 Å². The third-order valence-electron chi connectivity index (χ3n) is 1.96. The zero-order valence-electron chi connectivity index (χ0n) is 9.99. The number of esters is 1. The molecule has 0 bridgehead atoms. The summed E-state index contributed by atoms with van der Waals surface area (Å²) in [7, 11) is 1.46. The molecule has 19 heavy (non-hydrogen) atoms. The third kappa shape index (κ3) is 4.50. The molecule has 0 spiro atoms. The second kappa shape index (κ2) is 7.25. The average Bonchev–Trinajstić information content (AvgIpc) is 2.84. The van der Waals surface area contributed by atoms with Gasteiger partial charge in [0.1, 0.15) is 18.2 Å². The van der Waals surface area contributed by atoms with Crippen molar-refractivity contribution < 1.29 is 19.2 Å². The smallest absolute Gasteiger partial charge is 0.348 e. The minimum atomic E-state index is -0.784. The molecular formula is C11H10N2O5S. The summed E-state index contributed by atoms with van der Waals surface area (Å²) in [4.78, 5) is 21.5. The van der Waals surface area contributed by atoms with E-state index in [1.54, 1.807) is 6.07 Å². The maximum absolute atomic E-state index is 11.5. The maximum atomic E-state index is 11.5. The lowest BCUT2D eigenvalue weighted by Gasteiger charge is -2.01. The topological polar surface area (TPSA) is 102 Å². The molecule has 0 aliphatic rings. The highest BCUT2D eigenvalue weighted by Crippen LogP contribution is 2.24. The molecule has 1 aromatic heterocycles. The van der Waals surface area contributed by atoms with Crippen LogP contribution in [0.4, 0.5) is 5.00 Å². The van der Waals surface area contributed by atoms with Gasteiger partial charge in [-0.1, -0.05) is 11.3 Å². The number of rotatable bonds is 6. The molecule has 0 aliphatic heterocycles. The van der Waals surface area contributed by atoms with Gasteiger partial charge in [-0.05, 0) is 11.6 Å². The molecule has 0 amide bonds. The Morgan fingerprint density at radius 2 is 2.37 bits per heavy atom. The van der Waals surface area contributed by atoms with Gasteiger partial charge in [-0.2, -0.15) is 5.26 Å². The second-order valence-corrected chi connectivity index (χ2v) is 4.16. The van der Waals surface area contributed by atoms with Crippen LogP contribution in [0.15, 0.2) is 17.0 Å². The lowest BCUT2D eigenvalue weighted by atomic mass is 10.2. The fraction of sp³-hybridized carbons (Fsp3) is 0.273. The Bertz CT molecular complexity index is 544. The van der Waals surface area contributed by atoms with Crippen molar-refractivity contribution in [3.05, 3.63) is 32.7 Å². The van der Waals surface area contributed by atoms with E-state index >= 15 is 0 Å². The van der Waals surface area contributed by atoms with Crippen molar-refractivity contribution >= 4 is 28.4 Å². The van der Waals surface area contributed by atoms with Crippen LogP contribution in [0, 0.1) is 21.4 Å². The molecule has 0 saturated carbocycles. The lowest BCUT2D eigenvalue weighted by molar-refractivity contribution is -0.380. The Kier molecular flexibility index (Phi) is 5.66. The Balaban J connectivity index is 2.78. The summed E-state index contributed by atoms with van der Waals surface area (Å²) in [5.41, 5.74) is 0.195. The van der Waals surface area contributed by atoms with Gasteiger partial charge in [0, 0.05) is 18.6 Å². The maximum Gasteiger partial charge on any atom is 0.348 e. The van der Waals surface area contributed by atoms with Crippen LogP contribution in [0.25, 0.3) is 6.08 Å². The number of carbonyl (C=O) groups is 1. The number of hydrogen-bond acceptors (Lipinski definition) is 7. The van der Waals surface area contributed by atoms with E-state index < -0.39 is 10.9 Å². The first-order chi connectivity index (χ1) is 9.08. The minimum Gasteiger partial charge on any atom is -0.459 e. The van der Waals surface area contributed by atoms with Gasteiger partial charge < -0.3 is 9.47 Å². The van der Waals surface area contributed by atoms with Crippen LogP contribution in [0.1, 0.15) is 5.56 Å². The highest BCUT2D eigenvalue weighted by molar-refractivity contribution is 7.13. The van der Waals surface area contributed by atoms with Crippen LogP contribution in [0.2, 0.25) is 0 Å². The fourth-order valence-electron chi connectivity index (χ4n) is 1.11. The highest BCUT2D eigenvalue weighted by Gasteiger charge is 2.13. The van der Waals surface area contributed by atoms with Crippen molar-refractivity contribution in [1.29, 1.82) is 5.26 Å². The number of ether oxygens (including phenoxy) is 2. The van der Waals surface area contributed by atoms with Crippen molar-refractivity contribution in [2.24, 2.45) is 0 Å². The molecule has 0 radical (unpaired) electrons. The first kappa shape index (κ1) is 14.8. The standard InChI is InChI=1S/C11H10N2O5S/c1-17-2-3-18-11(14)9(6-12)4-8-5-10(13(15)16)19-7-8/h4-5,7H,2-3H2,1H3/b9-4-. The van der Waals surface area contributed by atoms with Crippen molar-refractivity contribution in [3.8, 4) is 6.07 Å². The zero-order chi connectivity index (χ0) is 14.3. The van der Waals surface area contributed by atoms with Crippen LogP contribution in [-0.4, -0.2) is 31.2 Å². The van der Waals surface area contributed by atoms with Gasteiger partial charge in [0.2, 0.25) is 0 Å². The van der Waals surface area contributed by atoms with E-state index in [2.05, 4.69) is 0 Å². The second-order valence-electron chi connectivity index (χ2n) is 3.27. The first-order valence-electron chi connectivity index (χ1n) is 5.09. The van der Waals surface area contributed by atoms with Gasteiger partial charge in [0.25, 0.3) is 0 Å². The molecule has 0 N–H and O–H groups in total. The Morgan fingerprint density at radius 3 is 2.89 bits per heavy atom. The number of hydrogen-bond donors (Lipinski definition) is 0. The molecule has 1 heterocycles. The predicted molar refractivity (Wildman–Crippen MR) is 67.4 cm³/mol. The van der Waals surface area contributed by atoms with Gasteiger partial charge in [-0.15, -0.1) is 0 Å². The van der Waals surface area contributed by atoms with E-state index in [-0.39, 0.29) is 23.8 Å². The molecule has 0 fully saturated rings. The number of nitro groups is 1. The van der Waals surface area contributed by atoms with Crippen molar-refractivity contribution in [1.82, 2.24) is 0 Å². The predicted octanol–water partition coefficient (Wildman–Crippen LogP) is 1.75. The Morgan fingerprint density at radius 1 is 1.63 bits per heavy atom. The number of methoxy groups -OCH3 is 1. The first-order valence-corrected chi connectivity index (χ1v) is 5.97. The van der Waals surface area contributed by atoms with Crippen molar-refractivity contribution in [2.75, 3.05) is 20.3 Å². The SMILES string of the molecule is COCCOC(=O)/C(C#N)=C\c1csc([N+](=O)[O-])c1. The summed E-state index contributed by atoms with van der Waals surface area (Å²) in [6.45, 7) is 0.270. The summed E-state index contributed by atoms with van der Waals surface area (Å²) in [6, 6.07) is 2.98. The largest absolute Gasteiger partial charge is 0.459 e. The monoisotopic (exact) mass is 282 g/mol. The molecule has 1 rings (SSSR count). The molecule has 1 aromatic rings. The molecule has 7 nitrogen and oxygen atoms in total. The fourth-order valence-corrected chi connectivity index (χ4v) is 1.79. The molecule has 0 aromatic carbocycles. The minimum absolute atomic E-state index is 0.0398. The van der Waals surface area contributed by atoms with Crippen LogP contribution < -0.4 is 0 Å². The molecule has 0 unspecified atom stereocenters. The summed E-state index contributed by atoms with van der Waals surface area (Å²) < 4.78 is 9.48. The quantitative estimate of drug-likeness (QED) is 0.197. The lowest BCUT2D eigenvalue weighted by Crippen LogP contribution is -2.11. The number of nitrogens with zero attached hydrogens (tertiary/aromatic N) is 2. The highest BCUT2D eigenvalue weighted by atomic mass is 32.1. The normalized spacial score (nSPS) is 10.8. The summed E-state index contributed by atoms with van der Waals surface area (Å²) in [6.07, 6.45) is 1.25. The van der Waals surface area contributed by atoms with Crippen molar-refractivity contribution in [2.45, 2.75) is 0 Å². The van der Waals surface area contributed by atoms with Crippen LogP contribution in [0.3, 0.4) is 0 Å². The van der Waals surface area contributed by atoms with Crippen molar-refractivity contribution in [3.63, 3.8) is 0 Å². The Hall–Kier alpha value is -2.24. The summed E-state index contributed by atoms with van der Waals surface area (Å²) >= 11 is 0.918. The molecule has 8 heteroatoms. The van der Waals surface area contributed by atoms with E-state index in [1.165, 1.54) is 24.6 Å². The van der Waals surface area contributed by atoms with Gasteiger partial charge in [0.05, 0.1) is 11.5 Å². The zero-order valence-corrected chi connectivity index (χ0v) is 10.8. The van der Waals surface area contributed by atoms with E-state index in [4.69, 9.17) is 14.7 Å². The molecule has 0 aliphatic carbocycles. The van der Waals surface area contributed by atoms with Gasteiger partial charge >= 0.3 is 11.0 Å². The van der Waals surface area contributed by atoms with Gasteiger partial charge in [-0.3, -0.25) is 10.1 Å². The van der Waals surface area contributed by atoms with Crippen LogP contribution in [-0.2, 0) is 14.3 Å².